The highest BCUT2D eigenvalue weighted by Crippen LogP contribution is 2.36. The SMILES string of the molecule is Cc1ccccc1NC(C#N)c1cc(Br)c(Br)s1. The predicted molar refractivity (Wildman–Crippen MR) is 82.9 cm³/mol. The van der Waals surface area contributed by atoms with Crippen LogP contribution in [0.4, 0.5) is 5.69 Å². The minimum Gasteiger partial charge on any atom is -0.365 e. The molecule has 0 spiro atoms. The summed E-state index contributed by atoms with van der Waals surface area (Å²) in [7, 11) is 0. The molecule has 5 heteroatoms. The molecule has 1 aromatic carbocycles. The highest BCUT2D eigenvalue weighted by Gasteiger charge is 2.15. The van der Waals surface area contributed by atoms with E-state index in [1.54, 1.807) is 11.3 Å². The second-order valence-electron chi connectivity index (χ2n) is 3.79. The van der Waals surface area contributed by atoms with Crippen LogP contribution in [0.5, 0.6) is 0 Å². The van der Waals surface area contributed by atoms with E-state index >= 15 is 0 Å². The van der Waals surface area contributed by atoms with E-state index in [0.717, 1.165) is 24.4 Å². The molecule has 0 aliphatic carbocycles. The van der Waals surface area contributed by atoms with Crippen molar-refractivity contribution >= 4 is 48.9 Å². The molecule has 2 rings (SSSR count). The Hall–Kier alpha value is -0.830. The van der Waals surface area contributed by atoms with Crippen LogP contribution < -0.4 is 5.32 Å². The van der Waals surface area contributed by atoms with Crippen LogP contribution in [0, 0.1) is 18.3 Å². The lowest BCUT2D eigenvalue weighted by Crippen LogP contribution is -2.07. The molecule has 92 valence electrons. The van der Waals surface area contributed by atoms with E-state index in [1.165, 1.54) is 0 Å². The topological polar surface area (TPSA) is 35.8 Å². The Bertz CT molecular complexity index is 582. The molecule has 0 fully saturated rings. The number of halogens is 2. The van der Waals surface area contributed by atoms with E-state index < -0.39 is 0 Å². The summed E-state index contributed by atoms with van der Waals surface area (Å²) in [6.45, 7) is 2.02. The number of thiophene rings is 1. The maximum absolute atomic E-state index is 9.30. The lowest BCUT2D eigenvalue weighted by molar-refractivity contribution is 1.02. The monoisotopic (exact) mass is 384 g/mol. The molecule has 0 aliphatic heterocycles. The van der Waals surface area contributed by atoms with Gasteiger partial charge in [-0.25, -0.2) is 0 Å². The number of nitrogens with zero attached hydrogens (tertiary/aromatic N) is 1. The first-order valence-electron chi connectivity index (χ1n) is 5.28. The average molecular weight is 386 g/mol. The van der Waals surface area contributed by atoms with Gasteiger partial charge in [0.2, 0.25) is 0 Å². The predicted octanol–water partition coefficient (Wildman–Crippen LogP) is 5.26. The third-order valence-corrected chi connectivity index (χ3v) is 5.84. The Balaban J connectivity index is 2.26. The lowest BCUT2D eigenvalue weighted by Gasteiger charge is -2.13. The number of hydrogen-bond donors (Lipinski definition) is 1. The maximum Gasteiger partial charge on any atom is 0.149 e. The molecule has 0 saturated heterocycles. The standard InChI is InChI=1S/C13H10Br2N2S/c1-8-4-2-3-5-10(8)17-11(7-16)12-6-9(14)13(15)18-12/h2-6,11,17H,1H3. The quantitative estimate of drug-likeness (QED) is 0.782. The third kappa shape index (κ3) is 2.94. The Kier molecular flexibility index (Phi) is 4.44. The molecule has 2 aromatic rings. The molecule has 18 heavy (non-hydrogen) atoms. The van der Waals surface area contributed by atoms with Gasteiger partial charge in [0.25, 0.3) is 0 Å². The second-order valence-corrected chi connectivity index (χ2v) is 7.05. The molecular weight excluding hydrogens is 376 g/mol. The van der Waals surface area contributed by atoms with Crippen molar-refractivity contribution in [2.24, 2.45) is 0 Å². The number of nitrogens with one attached hydrogen (secondary N) is 1. The Labute approximate surface area is 127 Å². The van der Waals surface area contributed by atoms with Crippen LogP contribution in [0.3, 0.4) is 0 Å². The Morgan fingerprint density at radius 2 is 2.06 bits per heavy atom. The van der Waals surface area contributed by atoms with Gasteiger partial charge in [-0.2, -0.15) is 5.26 Å². The van der Waals surface area contributed by atoms with E-state index in [1.807, 2.05) is 37.3 Å². The van der Waals surface area contributed by atoms with Crippen LogP contribution in [-0.2, 0) is 0 Å². The van der Waals surface area contributed by atoms with Gasteiger partial charge < -0.3 is 5.32 Å². The summed E-state index contributed by atoms with van der Waals surface area (Å²) in [6.07, 6.45) is 0. The van der Waals surface area contributed by atoms with Crippen molar-refractivity contribution in [1.82, 2.24) is 0 Å². The van der Waals surface area contributed by atoms with Crippen LogP contribution >= 0.6 is 43.2 Å². The van der Waals surface area contributed by atoms with Gasteiger partial charge in [0, 0.05) is 15.0 Å². The number of rotatable bonds is 3. The number of hydrogen-bond acceptors (Lipinski definition) is 3. The molecule has 0 saturated carbocycles. The first kappa shape index (κ1) is 13.6. The summed E-state index contributed by atoms with van der Waals surface area (Å²) in [5.41, 5.74) is 2.12. The van der Waals surface area contributed by atoms with Gasteiger partial charge >= 0.3 is 0 Å². The van der Waals surface area contributed by atoms with Gasteiger partial charge in [0.05, 0.1) is 9.86 Å². The van der Waals surface area contributed by atoms with Crippen LogP contribution in [0.2, 0.25) is 0 Å². The van der Waals surface area contributed by atoms with Crippen molar-refractivity contribution < 1.29 is 0 Å². The van der Waals surface area contributed by atoms with Gasteiger partial charge in [0.1, 0.15) is 6.04 Å². The van der Waals surface area contributed by atoms with Crippen molar-refractivity contribution in [3.05, 3.63) is 49.0 Å². The van der Waals surface area contributed by atoms with Crippen molar-refractivity contribution in [3.63, 3.8) is 0 Å². The van der Waals surface area contributed by atoms with E-state index in [0.29, 0.717) is 0 Å². The van der Waals surface area contributed by atoms with E-state index in [-0.39, 0.29) is 6.04 Å². The Morgan fingerprint density at radius 3 is 2.61 bits per heavy atom. The van der Waals surface area contributed by atoms with Gasteiger partial charge in [0.15, 0.2) is 0 Å². The van der Waals surface area contributed by atoms with Crippen molar-refractivity contribution in [1.29, 1.82) is 5.26 Å². The van der Waals surface area contributed by atoms with Crippen LogP contribution in [0.15, 0.2) is 38.6 Å². The third-order valence-electron chi connectivity index (χ3n) is 2.52. The maximum atomic E-state index is 9.30. The number of nitriles is 1. The molecule has 1 aromatic heterocycles. The summed E-state index contributed by atoms with van der Waals surface area (Å²) in [4.78, 5) is 0.986. The number of para-hydroxylation sites is 1. The first-order valence-corrected chi connectivity index (χ1v) is 7.68. The zero-order chi connectivity index (χ0) is 13.1. The van der Waals surface area contributed by atoms with Crippen molar-refractivity contribution in [3.8, 4) is 6.07 Å². The highest BCUT2D eigenvalue weighted by atomic mass is 79.9. The molecule has 1 heterocycles. The number of anilines is 1. The van der Waals surface area contributed by atoms with Crippen LogP contribution in [-0.4, -0.2) is 0 Å². The van der Waals surface area contributed by atoms with Gasteiger partial charge in [-0.15, -0.1) is 11.3 Å². The molecule has 0 radical (unpaired) electrons. The second kappa shape index (κ2) is 5.87. The summed E-state index contributed by atoms with van der Waals surface area (Å²) in [5.74, 6) is 0. The molecule has 1 unspecified atom stereocenters. The van der Waals surface area contributed by atoms with E-state index in [2.05, 4.69) is 43.2 Å². The fourth-order valence-electron chi connectivity index (χ4n) is 1.56. The first-order chi connectivity index (χ1) is 8.61. The molecule has 0 bridgehead atoms. The summed E-state index contributed by atoms with van der Waals surface area (Å²) < 4.78 is 1.98. The zero-order valence-electron chi connectivity index (χ0n) is 9.58. The minimum atomic E-state index is -0.335. The average Bonchev–Trinajstić information content (AvgIpc) is 2.68. The summed E-state index contributed by atoms with van der Waals surface area (Å²) in [6, 6.07) is 11.9. The smallest absolute Gasteiger partial charge is 0.149 e. The number of benzene rings is 1. The summed E-state index contributed by atoms with van der Waals surface area (Å²) in [5, 5.41) is 12.6. The fraction of sp³-hybridized carbons (Fsp3) is 0.154. The zero-order valence-corrected chi connectivity index (χ0v) is 13.6. The van der Waals surface area contributed by atoms with Crippen molar-refractivity contribution in [2.75, 3.05) is 5.32 Å². The van der Waals surface area contributed by atoms with Crippen LogP contribution in [0.1, 0.15) is 16.5 Å². The van der Waals surface area contributed by atoms with Crippen molar-refractivity contribution in [2.45, 2.75) is 13.0 Å². The molecular formula is C13H10Br2N2S. The molecule has 1 N–H and O–H groups in total. The van der Waals surface area contributed by atoms with Gasteiger partial charge in [-0.05, 0) is 56.5 Å². The molecule has 2 nitrogen and oxygen atoms in total. The van der Waals surface area contributed by atoms with Crippen LogP contribution in [0.25, 0.3) is 0 Å². The van der Waals surface area contributed by atoms with Gasteiger partial charge in [-0.1, -0.05) is 18.2 Å². The molecule has 0 amide bonds. The summed E-state index contributed by atoms with van der Waals surface area (Å²) >= 11 is 8.44. The van der Waals surface area contributed by atoms with E-state index in [9.17, 15) is 5.26 Å². The highest BCUT2D eigenvalue weighted by molar-refractivity contribution is 9.13. The fourth-order valence-corrected chi connectivity index (χ4v) is 3.65. The Morgan fingerprint density at radius 1 is 1.33 bits per heavy atom. The molecule has 0 aliphatic rings. The van der Waals surface area contributed by atoms with E-state index in [4.69, 9.17) is 0 Å². The lowest BCUT2D eigenvalue weighted by atomic mass is 10.1. The number of aryl methyl sites for hydroxylation is 1. The normalized spacial score (nSPS) is 11.9. The largest absolute Gasteiger partial charge is 0.365 e. The molecule has 1 atom stereocenters. The van der Waals surface area contributed by atoms with Gasteiger partial charge in [-0.3, -0.25) is 0 Å². The minimum absolute atomic E-state index is 0.335.